The van der Waals surface area contributed by atoms with Crippen LogP contribution in [0.4, 0.5) is 4.79 Å². The average molecular weight is 286 g/mol. The van der Waals surface area contributed by atoms with E-state index in [1.807, 2.05) is 13.8 Å². The molecule has 0 aliphatic heterocycles. The second-order valence-corrected chi connectivity index (χ2v) is 5.66. The maximum absolute atomic E-state index is 12.2. The number of aliphatic carboxylic acids is 1. The highest BCUT2D eigenvalue weighted by Crippen LogP contribution is 2.07. The largest absolute Gasteiger partial charge is 0.480 e. The molecular weight excluding hydrogens is 256 g/mol. The molecule has 0 aliphatic carbocycles. The van der Waals surface area contributed by atoms with E-state index in [1.54, 1.807) is 4.90 Å². The summed E-state index contributed by atoms with van der Waals surface area (Å²) in [6, 6.07) is -1.05. The van der Waals surface area contributed by atoms with E-state index in [9.17, 15) is 14.7 Å². The van der Waals surface area contributed by atoms with Gasteiger partial charge in [-0.1, -0.05) is 40.5 Å². The van der Waals surface area contributed by atoms with Crippen LogP contribution in [0.25, 0.3) is 0 Å². The second kappa shape index (κ2) is 10.5. The van der Waals surface area contributed by atoms with E-state index in [2.05, 4.69) is 19.2 Å². The zero-order chi connectivity index (χ0) is 15.5. The maximum atomic E-state index is 12.2. The summed E-state index contributed by atoms with van der Waals surface area (Å²) in [5.41, 5.74) is 0. The van der Waals surface area contributed by atoms with Gasteiger partial charge in [-0.2, -0.15) is 0 Å². The zero-order valence-electron chi connectivity index (χ0n) is 13.3. The van der Waals surface area contributed by atoms with Gasteiger partial charge in [-0.15, -0.1) is 0 Å². The van der Waals surface area contributed by atoms with Crippen LogP contribution in [0.3, 0.4) is 0 Å². The fourth-order valence-electron chi connectivity index (χ4n) is 1.95. The van der Waals surface area contributed by atoms with Crippen molar-refractivity contribution < 1.29 is 14.7 Å². The summed E-state index contributed by atoms with van der Waals surface area (Å²) in [7, 11) is 0. The molecule has 0 heterocycles. The molecule has 0 aromatic rings. The molecule has 20 heavy (non-hydrogen) atoms. The van der Waals surface area contributed by atoms with Crippen LogP contribution in [0, 0.1) is 5.92 Å². The molecule has 2 amide bonds. The Hall–Kier alpha value is -1.26. The molecule has 0 aliphatic rings. The van der Waals surface area contributed by atoms with Crippen molar-refractivity contribution in [3.63, 3.8) is 0 Å². The van der Waals surface area contributed by atoms with Gasteiger partial charge in [-0.05, 0) is 25.2 Å². The number of carboxylic acids is 1. The fourth-order valence-corrected chi connectivity index (χ4v) is 1.95. The SMILES string of the molecule is CCCCN(CCCC)C(=O)NC(CC(C)C)C(=O)O. The third-order valence-corrected chi connectivity index (χ3v) is 3.15. The Morgan fingerprint density at radius 1 is 1.10 bits per heavy atom. The van der Waals surface area contributed by atoms with E-state index in [-0.39, 0.29) is 11.9 Å². The summed E-state index contributed by atoms with van der Waals surface area (Å²) in [6.45, 7) is 9.44. The van der Waals surface area contributed by atoms with Crippen molar-refractivity contribution in [3.8, 4) is 0 Å². The smallest absolute Gasteiger partial charge is 0.326 e. The first kappa shape index (κ1) is 18.7. The molecule has 0 spiro atoms. The summed E-state index contributed by atoms with van der Waals surface area (Å²) in [5, 5.41) is 11.8. The van der Waals surface area contributed by atoms with Gasteiger partial charge in [0.1, 0.15) is 6.04 Å². The molecule has 0 saturated carbocycles. The van der Waals surface area contributed by atoms with Crippen LogP contribution in [0.1, 0.15) is 59.8 Å². The van der Waals surface area contributed by atoms with E-state index in [1.165, 1.54) is 0 Å². The van der Waals surface area contributed by atoms with Crippen LogP contribution in [-0.4, -0.2) is 41.1 Å². The number of nitrogens with one attached hydrogen (secondary N) is 1. The fraction of sp³-hybridized carbons (Fsp3) is 0.867. The predicted octanol–water partition coefficient (Wildman–Crippen LogP) is 3.10. The Balaban J connectivity index is 4.55. The molecule has 0 aromatic heterocycles. The van der Waals surface area contributed by atoms with Crippen molar-refractivity contribution in [2.45, 2.75) is 65.8 Å². The number of unbranched alkanes of at least 4 members (excludes halogenated alkanes) is 2. The lowest BCUT2D eigenvalue weighted by Crippen LogP contribution is -2.49. The van der Waals surface area contributed by atoms with Gasteiger partial charge in [0.25, 0.3) is 0 Å². The lowest BCUT2D eigenvalue weighted by molar-refractivity contribution is -0.139. The number of rotatable bonds is 10. The molecule has 0 saturated heterocycles. The Labute approximate surface area is 122 Å². The number of nitrogens with zero attached hydrogens (tertiary/aromatic N) is 1. The minimum atomic E-state index is -0.960. The van der Waals surface area contributed by atoms with Crippen molar-refractivity contribution in [1.82, 2.24) is 10.2 Å². The number of hydrogen-bond donors (Lipinski definition) is 2. The number of amides is 2. The number of carboxylic acid groups (broad SMARTS) is 1. The first-order valence-electron chi connectivity index (χ1n) is 7.70. The number of carbonyl (C=O) groups is 2. The van der Waals surface area contributed by atoms with Crippen LogP contribution >= 0.6 is 0 Å². The normalized spacial score (nSPS) is 12.2. The molecule has 0 bridgehead atoms. The van der Waals surface area contributed by atoms with Crippen LogP contribution in [0.15, 0.2) is 0 Å². The minimum Gasteiger partial charge on any atom is -0.480 e. The average Bonchev–Trinajstić information content (AvgIpc) is 2.37. The highest BCUT2D eigenvalue weighted by Gasteiger charge is 2.23. The Morgan fingerprint density at radius 3 is 1.95 bits per heavy atom. The predicted molar refractivity (Wildman–Crippen MR) is 80.8 cm³/mol. The highest BCUT2D eigenvalue weighted by molar-refractivity contribution is 5.82. The lowest BCUT2D eigenvalue weighted by Gasteiger charge is -2.25. The van der Waals surface area contributed by atoms with Crippen LogP contribution in [0.5, 0.6) is 0 Å². The van der Waals surface area contributed by atoms with Crippen LogP contribution < -0.4 is 5.32 Å². The Morgan fingerprint density at radius 2 is 1.60 bits per heavy atom. The topological polar surface area (TPSA) is 69.6 Å². The molecule has 1 unspecified atom stereocenters. The van der Waals surface area contributed by atoms with Gasteiger partial charge in [0, 0.05) is 13.1 Å². The van der Waals surface area contributed by atoms with Crippen molar-refractivity contribution in [3.05, 3.63) is 0 Å². The van der Waals surface area contributed by atoms with Crippen LogP contribution in [-0.2, 0) is 4.79 Å². The Bertz CT molecular complexity index is 285. The van der Waals surface area contributed by atoms with Crippen molar-refractivity contribution in [2.75, 3.05) is 13.1 Å². The minimum absolute atomic E-state index is 0.233. The highest BCUT2D eigenvalue weighted by atomic mass is 16.4. The van der Waals surface area contributed by atoms with Gasteiger partial charge in [0.15, 0.2) is 0 Å². The van der Waals surface area contributed by atoms with Crippen LogP contribution in [0.2, 0.25) is 0 Å². The van der Waals surface area contributed by atoms with Crippen molar-refractivity contribution in [1.29, 1.82) is 0 Å². The van der Waals surface area contributed by atoms with E-state index >= 15 is 0 Å². The van der Waals surface area contributed by atoms with Gasteiger partial charge in [0.2, 0.25) is 0 Å². The lowest BCUT2D eigenvalue weighted by atomic mass is 10.0. The zero-order valence-corrected chi connectivity index (χ0v) is 13.3. The van der Waals surface area contributed by atoms with Gasteiger partial charge >= 0.3 is 12.0 Å². The summed E-state index contributed by atoms with van der Waals surface area (Å²) in [5.74, 6) is -0.728. The van der Waals surface area contributed by atoms with Gasteiger partial charge in [0.05, 0.1) is 0 Å². The van der Waals surface area contributed by atoms with Gasteiger partial charge in [-0.25, -0.2) is 9.59 Å². The van der Waals surface area contributed by atoms with Crippen molar-refractivity contribution >= 4 is 12.0 Å². The summed E-state index contributed by atoms with van der Waals surface area (Å²) < 4.78 is 0. The summed E-state index contributed by atoms with van der Waals surface area (Å²) in [6.07, 6.45) is 4.38. The molecule has 0 radical (unpaired) electrons. The molecule has 118 valence electrons. The second-order valence-electron chi connectivity index (χ2n) is 5.66. The van der Waals surface area contributed by atoms with Crippen molar-refractivity contribution in [2.24, 2.45) is 5.92 Å². The van der Waals surface area contributed by atoms with Gasteiger partial charge < -0.3 is 15.3 Å². The number of urea groups is 1. The van der Waals surface area contributed by atoms with Gasteiger partial charge in [-0.3, -0.25) is 0 Å². The summed E-state index contributed by atoms with van der Waals surface area (Å²) in [4.78, 5) is 25.1. The van der Waals surface area contributed by atoms with E-state index < -0.39 is 12.0 Å². The molecular formula is C15H30N2O3. The number of hydrogen-bond acceptors (Lipinski definition) is 2. The third kappa shape index (κ3) is 8.02. The van der Waals surface area contributed by atoms with E-state index in [0.29, 0.717) is 19.5 Å². The first-order valence-corrected chi connectivity index (χ1v) is 7.70. The molecule has 5 nitrogen and oxygen atoms in total. The molecule has 0 aromatic carbocycles. The quantitative estimate of drug-likeness (QED) is 0.648. The monoisotopic (exact) mass is 286 g/mol. The van der Waals surface area contributed by atoms with E-state index in [4.69, 9.17) is 0 Å². The standard InChI is InChI=1S/C15H30N2O3/c1-5-7-9-17(10-8-6-2)15(20)16-13(14(18)19)11-12(3)4/h12-13H,5-11H2,1-4H3,(H,16,20)(H,18,19). The van der Waals surface area contributed by atoms with E-state index in [0.717, 1.165) is 25.7 Å². The molecule has 1 atom stereocenters. The molecule has 2 N–H and O–H groups in total. The number of carbonyl (C=O) groups excluding carboxylic acids is 1. The molecule has 0 rings (SSSR count). The molecule has 5 heteroatoms. The third-order valence-electron chi connectivity index (χ3n) is 3.15. The maximum Gasteiger partial charge on any atom is 0.326 e. The summed E-state index contributed by atoms with van der Waals surface area (Å²) >= 11 is 0. The molecule has 0 fully saturated rings. The first-order chi connectivity index (χ1) is 9.42. The Kier molecular flexibility index (Phi) is 9.86.